The van der Waals surface area contributed by atoms with Crippen molar-refractivity contribution in [2.24, 2.45) is 0 Å². The summed E-state index contributed by atoms with van der Waals surface area (Å²) in [6.45, 7) is 6.31. The Bertz CT molecular complexity index is 988. The third-order valence-electron chi connectivity index (χ3n) is 11.0. The van der Waals surface area contributed by atoms with Gasteiger partial charge in [-0.1, -0.05) is 230 Å². The fourth-order valence-electron chi connectivity index (χ4n) is 7.32. The second kappa shape index (κ2) is 44.9. The van der Waals surface area contributed by atoms with Crippen LogP contribution in [0.15, 0.2) is 48.6 Å². The van der Waals surface area contributed by atoms with Gasteiger partial charge in [-0.2, -0.15) is 0 Å². The Morgan fingerprint density at radius 2 is 0.947 bits per heavy atom. The Labute approximate surface area is 353 Å². The Kier molecular flexibility index (Phi) is 43.2. The van der Waals surface area contributed by atoms with Gasteiger partial charge >= 0.3 is 5.97 Å². The summed E-state index contributed by atoms with van der Waals surface area (Å²) < 4.78 is 5.88. The molecule has 0 heterocycles. The number of ether oxygens (including phenoxy) is 1. The minimum atomic E-state index is -0.789. The lowest BCUT2D eigenvalue weighted by Crippen LogP contribution is -2.46. The van der Waals surface area contributed by atoms with Gasteiger partial charge in [0.25, 0.3) is 0 Å². The van der Waals surface area contributed by atoms with Crippen LogP contribution in [-0.2, 0) is 14.3 Å². The van der Waals surface area contributed by atoms with Crippen LogP contribution in [0.3, 0.4) is 0 Å². The first-order valence-electron chi connectivity index (χ1n) is 24.4. The van der Waals surface area contributed by atoms with Gasteiger partial charge in [0.2, 0.25) is 5.91 Å². The molecule has 332 valence electrons. The largest absolute Gasteiger partial charge is 0.462 e. The molecule has 0 aliphatic rings. The van der Waals surface area contributed by atoms with Crippen LogP contribution in [-0.4, -0.2) is 46.9 Å². The van der Waals surface area contributed by atoms with Crippen molar-refractivity contribution in [3.8, 4) is 0 Å². The minimum Gasteiger partial charge on any atom is -0.462 e. The maximum atomic E-state index is 13.1. The molecule has 0 aliphatic heterocycles. The number of amides is 1. The fourth-order valence-corrected chi connectivity index (χ4v) is 7.32. The van der Waals surface area contributed by atoms with E-state index in [4.69, 9.17) is 4.74 Å². The SMILES string of the molecule is CC/C=C/C=C/C=C/C=C\CCCCCCCC(=O)OC(CCCCCCCCC)CC(=O)NC(CO)C(O)CCCCCCCCCCCCCCCCCC. The van der Waals surface area contributed by atoms with E-state index in [2.05, 4.69) is 56.5 Å². The molecule has 0 saturated carbocycles. The number of allylic oxidation sites excluding steroid dienone is 8. The average molecular weight is 800 g/mol. The van der Waals surface area contributed by atoms with Crippen LogP contribution in [0.2, 0.25) is 0 Å². The molecule has 0 aromatic carbocycles. The highest BCUT2D eigenvalue weighted by Gasteiger charge is 2.24. The van der Waals surface area contributed by atoms with Gasteiger partial charge in [-0.15, -0.1) is 0 Å². The number of esters is 1. The van der Waals surface area contributed by atoms with Crippen LogP contribution in [0, 0.1) is 0 Å². The number of rotatable bonds is 43. The molecule has 0 aliphatic carbocycles. The molecule has 0 fully saturated rings. The highest BCUT2D eigenvalue weighted by molar-refractivity contribution is 5.77. The first-order chi connectivity index (χ1) is 28.0. The van der Waals surface area contributed by atoms with Gasteiger partial charge in [0.15, 0.2) is 0 Å². The first kappa shape index (κ1) is 54.8. The van der Waals surface area contributed by atoms with Crippen molar-refractivity contribution in [3.63, 3.8) is 0 Å². The van der Waals surface area contributed by atoms with E-state index in [0.29, 0.717) is 19.3 Å². The molecule has 3 atom stereocenters. The number of hydrogen-bond acceptors (Lipinski definition) is 5. The summed E-state index contributed by atoms with van der Waals surface area (Å²) in [7, 11) is 0. The van der Waals surface area contributed by atoms with Gasteiger partial charge in [-0.25, -0.2) is 0 Å². The van der Waals surface area contributed by atoms with Crippen molar-refractivity contribution in [1.82, 2.24) is 5.32 Å². The van der Waals surface area contributed by atoms with Gasteiger partial charge < -0.3 is 20.3 Å². The number of nitrogens with one attached hydrogen (secondary N) is 1. The second-order valence-corrected chi connectivity index (χ2v) is 16.6. The Morgan fingerprint density at radius 1 is 0.526 bits per heavy atom. The van der Waals surface area contributed by atoms with E-state index >= 15 is 0 Å². The monoisotopic (exact) mass is 800 g/mol. The van der Waals surface area contributed by atoms with Gasteiger partial charge in [0.05, 0.1) is 25.2 Å². The summed E-state index contributed by atoms with van der Waals surface area (Å²) in [5.41, 5.74) is 0. The lowest BCUT2D eigenvalue weighted by atomic mass is 10.0. The van der Waals surface area contributed by atoms with E-state index in [0.717, 1.165) is 83.5 Å². The summed E-state index contributed by atoms with van der Waals surface area (Å²) >= 11 is 0. The molecule has 0 aromatic heterocycles. The molecule has 0 saturated heterocycles. The van der Waals surface area contributed by atoms with Crippen molar-refractivity contribution in [2.75, 3.05) is 6.61 Å². The molecular weight excluding hydrogens is 707 g/mol. The molecule has 0 rings (SSSR count). The predicted octanol–water partition coefficient (Wildman–Crippen LogP) is 14.3. The fraction of sp³-hybridized carbons (Fsp3) is 0.804. The van der Waals surface area contributed by atoms with Gasteiger partial charge in [-0.3, -0.25) is 9.59 Å². The lowest BCUT2D eigenvalue weighted by molar-refractivity contribution is -0.151. The molecule has 3 N–H and O–H groups in total. The van der Waals surface area contributed by atoms with Crippen molar-refractivity contribution < 1.29 is 24.5 Å². The third-order valence-corrected chi connectivity index (χ3v) is 11.0. The third kappa shape index (κ3) is 40.4. The van der Waals surface area contributed by atoms with E-state index in [-0.39, 0.29) is 24.9 Å². The zero-order valence-corrected chi connectivity index (χ0v) is 37.7. The maximum absolute atomic E-state index is 13.1. The number of aliphatic hydroxyl groups excluding tert-OH is 2. The average Bonchev–Trinajstić information content (AvgIpc) is 3.20. The van der Waals surface area contributed by atoms with Crippen LogP contribution >= 0.6 is 0 Å². The number of carbonyl (C=O) groups excluding carboxylic acids is 2. The molecule has 0 bridgehead atoms. The normalized spacial score (nSPS) is 13.7. The summed E-state index contributed by atoms with van der Waals surface area (Å²) in [5, 5.41) is 23.7. The molecule has 0 aromatic rings. The Balaban J connectivity index is 4.40. The Hall–Kier alpha value is -2.18. The zero-order chi connectivity index (χ0) is 41.7. The highest BCUT2D eigenvalue weighted by atomic mass is 16.5. The molecular formula is C51H93NO5. The second-order valence-electron chi connectivity index (χ2n) is 16.6. The molecule has 57 heavy (non-hydrogen) atoms. The lowest BCUT2D eigenvalue weighted by Gasteiger charge is -2.24. The molecule has 0 radical (unpaired) electrons. The summed E-state index contributed by atoms with van der Waals surface area (Å²) in [4.78, 5) is 25.9. The van der Waals surface area contributed by atoms with E-state index < -0.39 is 18.2 Å². The minimum absolute atomic E-state index is 0.0682. The van der Waals surface area contributed by atoms with E-state index in [1.54, 1.807) is 0 Å². The van der Waals surface area contributed by atoms with Crippen LogP contribution in [0.5, 0.6) is 0 Å². The van der Waals surface area contributed by atoms with E-state index in [9.17, 15) is 19.8 Å². The Morgan fingerprint density at radius 3 is 1.44 bits per heavy atom. The summed E-state index contributed by atoms with van der Waals surface area (Å²) in [5.74, 6) is -0.502. The number of unbranched alkanes of at least 4 members (excludes halogenated alkanes) is 26. The quantitative estimate of drug-likeness (QED) is 0.0324. The molecule has 1 amide bonds. The van der Waals surface area contributed by atoms with Crippen LogP contribution in [0.1, 0.15) is 239 Å². The van der Waals surface area contributed by atoms with Crippen LogP contribution in [0.4, 0.5) is 0 Å². The smallest absolute Gasteiger partial charge is 0.306 e. The van der Waals surface area contributed by atoms with Crippen molar-refractivity contribution in [3.05, 3.63) is 48.6 Å². The van der Waals surface area contributed by atoms with Crippen molar-refractivity contribution in [2.45, 2.75) is 257 Å². The predicted molar refractivity (Wildman–Crippen MR) is 245 cm³/mol. The summed E-state index contributed by atoms with van der Waals surface area (Å²) in [6, 6.07) is -0.703. The van der Waals surface area contributed by atoms with Gasteiger partial charge in [-0.05, 0) is 44.9 Å². The summed E-state index contributed by atoms with van der Waals surface area (Å²) in [6.07, 6.45) is 53.2. The topological polar surface area (TPSA) is 95.9 Å². The first-order valence-corrected chi connectivity index (χ1v) is 24.4. The van der Waals surface area contributed by atoms with Gasteiger partial charge in [0.1, 0.15) is 6.10 Å². The zero-order valence-electron chi connectivity index (χ0n) is 37.7. The van der Waals surface area contributed by atoms with Crippen LogP contribution < -0.4 is 5.32 Å². The number of hydrogen-bond donors (Lipinski definition) is 3. The molecule has 6 nitrogen and oxygen atoms in total. The van der Waals surface area contributed by atoms with Crippen LogP contribution in [0.25, 0.3) is 0 Å². The standard InChI is InChI=1S/C51H93NO5/c1-4-7-10-13-16-18-20-22-24-26-27-29-31-34-37-40-43-49(54)48(46-53)52-50(55)45-47(42-39-36-33-15-12-9-6-3)57-51(56)44-41-38-35-32-30-28-25-23-21-19-17-14-11-8-5-2/h8,11,14,17,19,21,23,25,47-49,53-54H,4-7,9-10,12-13,15-16,18,20,22,24,26-46H2,1-3H3,(H,52,55)/b11-8+,17-14+,21-19+,25-23-. The van der Waals surface area contributed by atoms with Crippen molar-refractivity contribution in [1.29, 1.82) is 0 Å². The van der Waals surface area contributed by atoms with E-state index in [1.807, 2.05) is 18.2 Å². The van der Waals surface area contributed by atoms with E-state index in [1.165, 1.54) is 109 Å². The molecule has 3 unspecified atom stereocenters. The molecule has 0 spiro atoms. The van der Waals surface area contributed by atoms with Crippen molar-refractivity contribution >= 4 is 11.9 Å². The number of aliphatic hydroxyl groups is 2. The highest BCUT2D eigenvalue weighted by Crippen LogP contribution is 2.18. The maximum Gasteiger partial charge on any atom is 0.306 e. The van der Waals surface area contributed by atoms with Gasteiger partial charge in [0, 0.05) is 6.42 Å². The molecule has 6 heteroatoms. The number of carbonyl (C=O) groups is 2.